The number of nitrogens with zero attached hydrogens (tertiary/aromatic N) is 1. The molecule has 0 aliphatic rings. The molecule has 0 saturated heterocycles. The van der Waals surface area contributed by atoms with Crippen LogP contribution in [0.5, 0.6) is 0 Å². The van der Waals surface area contributed by atoms with Gasteiger partial charge in [-0.3, -0.25) is 4.98 Å². The van der Waals surface area contributed by atoms with E-state index in [0.29, 0.717) is 0 Å². The second-order valence-electron chi connectivity index (χ2n) is 3.98. The van der Waals surface area contributed by atoms with E-state index in [2.05, 4.69) is 56.0 Å². The molecule has 2 aromatic rings. The highest BCUT2D eigenvalue weighted by molar-refractivity contribution is 9.11. The van der Waals surface area contributed by atoms with Crippen molar-refractivity contribution in [2.24, 2.45) is 0 Å². The van der Waals surface area contributed by atoms with Crippen molar-refractivity contribution < 1.29 is 0 Å². The molecule has 90 valence electrons. The molecule has 2 rings (SSSR count). The Hall–Kier alpha value is -0.610. The van der Waals surface area contributed by atoms with Gasteiger partial charge < -0.3 is 5.32 Å². The molecule has 0 aliphatic heterocycles. The Morgan fingerprint density at radius 1 is 1.18 bits per heavy atom. The molecule has 2 nitrogen and oxygen atoms in total. The van der Waals surface area contributed by atoms with Crippen LogP contribution in [0.2, 0.25) is 0 Å². The molecule has 0 unspecified atom stereocenters. The van der Waals surface area contributed by atoms with Gasteiger partial charge in [-0.2, -0.15) is 0 Å². The molecule has 0 saturated carbocycles. The van der Waals surface area contributed by atoms with Crippen LogP contribution in [0.15, 0.2) is 21.1 Å². The number of hydrogen-bond donors (Lipinski definition) is 1. The second-order valence-corrected chi connectivity index (χ2v) is 5.69. The molecule has 0 atom stereocenters. The summed E-state index contributed by atoms with van der Waals surface area (Å²) >= 11 is 7.17. The van der Waals surface area contributed by atoms with Crippen molar-refractivity contribution in [3.05, 3.63) is 32.3 Å². The molecule has 1 aromatic heterocycles. The average Bonchev–Trinajstić information content (AvgIpc) is 2.30. The van der Waals surface area contributed by atoms with Gasteiger partial charge in [0.15, 0.2) is 0 Å². The summed E-state index contributed by atoms with van der Waals surface area (Å²) in [6.45, 7) is 7.15. The summed E-state index contributed by atoms with van der Waals surface area (Å²) < 4.78 is 2.10. The van der Waals surface area contributed by atoms with Crippen molar-refractivity contribution in [3.8, 4) is 0 Å². The van der Waals surface area contributed by atoms with Crippen LogP contribution in [0.4, 0.5) is 5.69 Å². The van der Waals surface area contributed by atoms with Gasteiger partial charge in [0, 0.05) is 32.3 Å². The maximum Gasteiger partial charge on any atom is 0.0879 e. The molecular weight excluding hydrogens is 344 g/mol. The first-order valence-electron chi connectivity index (χ1n) is 5.55. The fraction of sp³-hybridized carbons (Fsp3) is 0.308. The van der Waals surface area contributed by atoms with E-state index >= 15 is 0 Å². The highest BCUT2D eigenvalue weighted by Gasteiger charge is 2.13. The third-order valence-electron chi connectivity index (χ3n) is 2.88. The predicted molar refractivity (Wildman–Crippen MR) is 80.8 cm³/mol. The van der Waals surface area contributed by atoms with Crippen LogP contribution in [0.25, 0.3) is 10.9 Å². The second kappa shape index (κ2) is 4.94. The van der Waals surface area contributed by atoms with Gasteiger partial charge >= 0.3 is 0 Å². The van der Waals surface area contributed by atoms with Gasteiger partial charge in [0.05, 0.1) is 5.52 Å². The van der Waals surface area contributed by atoms with Gasteiger partial charge in [0.1, 0.15) is 0 Å². The Bertz CT molecular complexity index is 579. The van der Waals surface area contributed by atoms with Crippen LogP contribution in [0, 0.1) is 13.8 Å². The lowest BCUT2D eigenvalue weighted by molar-refractivity contribution is 1.15. The number of pyridine rings is 1. The van der Waals surface area contributed by atoms with Crippen LogP contribution < -0.4 is 5.32 Å². The number of fused-ring (bicyclic) bond motifs is 1. The Labute approximate surface area is 118 Å². The van der Waals surface area contributed by atoms with Crippen LogP contribution in [-0.2, 0) is 0 Å². The summed E-state index contributed by atoms with van der Waals surface area (Å²) in [5, 5.41) is 4.58. The maximum atomic E-state index is 4.66. The molecule has 4 heteroatoms. The van der Waals surface area contributed by atoms with E-state index in [9.17, 15) is 0 Å². The van der Waals surface area contributed by atoms with Crippen molar-refractivity contribution in [1.29, 1.82) is 0 Å². The van der Waals surface area contributed by atoms with Gasteiger partial charge in [-0.25, -0.2) is 0 Å². The number of nitrogens with one attached hydrogen (secondary N) is 1. The summed E-state index contributed by atoms with van der Waals surface area (Å²) in [5.74, 6) is 0. The summed E-state index contributed by atoms with van der Waals surface area (Å²) in [6.07, 6.45) is 0. The maximum absolute atomic E-state index is 4.66. The molecule has 1 aromatic carbocycles. The van der Waals surface area contributed by atoms with Crippen LogP contribution in [0.1, 0.15) is 18.2 Å². The zero-order chi connectivity index (χ0) is 12.6. The van der Waals surface area contributed by atoms with Gasteiger partial charge in [-0.1, -0.05) is 15.9 Å². The highest BCUT2D eigenvalue weighted by Crippen LogP contribution is 2.36. The Morgan fingerprint density at radius 3 is 2.47 bits per heavy atom. The minimum Gasteiger partial charge on any atom is -0.384 e. The van der Waals surface area contributed by atoms with Gasteiger partial charge in [0.25, 0.3) is 0 Å². The van der Waals surface area contributed by atoms with E-state index in [4.69, 9.17) is 0 Å². The first kappa shape index (κ1) is 12.8. The molecule has 0 amide bonds. The molecule has 0 spiro atoms. The number of rotatable bonds is 2. The standard InChI is InChI=1S/C13H14Br2N2/c1-4-16-12-7(2)8(3)17-13-10(15)6-5-9(14)11(12)13/h5-6H,4H2,1-3H3,(H,16,17). The number of anilines is 1. The monoisotopic (exact) mass is 356 g/mol. The normalized spacial score (nSPS) is 10.9. The van der Waals surface area contributed by atoms with Crippen molar-refractivity contribution in [2.45, 2.75) is 20.8 Å². The molecule has 17 heavy (non-hydrogen) atoms. The molecule has 0 aliphatic carbocycles. The molecule has 0 fully saturated rings. The largest absolute Gasteiger partial charge is 0.384 e. The lowest BCUT2D eigenvalue weighted by atomic mass is 10.1. The van der Waals surface area contributed by atoms with E-state index in [1.807, 2.05) is 19.1 Å². The highest BCUT2D eigenvalue weighted by atomic mass is 79.9. The molecule has 0 bridgehead atoms. The fourth-order valence-electron chi connectivity index (χ4n) is 1.91. The molecule has 0 radical (unpaired) electrons. The Balaban J connectivity index is 2.92. The quantitative estimate of drug-likeness (QED) is 0.834. The SMILES string of the molecule is CCNc1c(C)c(C)nc2c(Br)ccc(Br)c12. The van der Waals surface area contributed by atoms with Crippen LogP contribution in [0.3, 0.4) is 0 Å². The summed E-state index contributed by atoms with van der Waals surface area (Å²) in [4.78, 5) is 4.66. The number of hydrogen-bond acceptors (Lipinski definition) is 2. The number of benzene rings is 1. The summed E-state index contributed by atoms with van der Waals surface area (Å²) in [6, 6.07) is 4.06. The zero-order valence-corrected chi connectivity index (χ0v) is 13.2. The zero-order valence-electron chi connectivity index (χ0n) is 10.1. The van der Waals surface area contributed by atoms with E-state index in [-0.39, 0.29) is 0 Å². The van der Waals surface area contributed by atoms with Gasteiger partial charge in [-0.05, 0) is 54.4 Å². The van der Waals surface area contributed by atoms with E-state index in [1.54, 1.807) is 0 Å². The number of halogens is 2. The number of aromatic nitrogens is 1. The van der Waals surface area contributed by atoms with E-state index in [1.165, 1.54) is 11.3 Å². The third kappa shape index (κ3) is 2.20. The smallest absolute Gasteiger partial charge is 0.0879 e. The lowest BCUT2D eigenvalue weighted by Crippen LogP contribution is -2.03. The Morgan fingerprint density at radius 2 is 1.82 bits per heavy atom. The van der Waals surface area contributed by atoms with Crippen molar-refractivity contribution in [3.63, 3.8) is 0 Å². The predicted octanol–water partition coefficient (Wildman–Crippen LogP) is 4.81. The van der Waals surface area contributed by atoms with Gasteiger partial charge in [0.2, 0.25) is 0 Å². The molecule has 1 heterocycles. The van der Waals surface area contributed by atoms with Crippen LogP contribution >= 0.6 is 31.9 Å². The first-order valence-corrected chi connectivity index (χ1v) is 7.13. The topological polar surface area (TPSA) is 24.9 Å². The number of aryl methyl sites for hydroxylation is 1. The Kier molecular flexibility index (Phi) is 3.73. The summed E-state index contributed by atoms with van der Waals surface area (Å²) in [5.41, 5.74) is 4.44. The summed E-state index contributed by atoms with van der Waals surface area (Å²) in [7, 11) is 0. The first-order chi connectivity index (χ1) is 8.06. The van der Waals surface area contributed by atoms with Crippen molar-refractivity contribution >= 4 is 48.5 Å². The minimum absolute atomic E-state index is 0.901. The van der Waals surface area contributed by atoms with Crippen molar-refractivity contribution in [2.75, 3.05) is 11.9 Å². The third-order valence-corrected chi connectivity index (χ3v) is 4.18. The molecular formula is C13H14Br2N2. The molecule has 1 N–H and O–H groups in total. The minimum atomic E-state index is 0.901. The van der Waals surface area contributed by atoms with Gasteiger partial charge in [-0.15, -0.1) is 0 Å². The van der Waals surface area contributed by atoms with Crippen molar-refractivity contribution in [1.82, 2.24) is 4.98 Å². The van der Waals surface area contributed by atoms with E-state index < -0.39 is 0 Å². The fourth-order valence-corrected chi connectivity index (χ4v) is 2.84. The average molecular weight is 358 g/mol. The van der Waals surface area contributed by atoms with E-state index in [0.717, 1.165) is 32.1 Å². The lowest BCUT2D eigenvalue weighted by Gasteiger charge is -2.15. The van der Waals surface area contributed by atoms with Crippen LogP contribution in [-0.4, -0.2) is 11.5 Å².